The van der Waals surface area contributed by atoms with Crippen molar-refractivity contribution in [1.82, 2.24) is 10.2 Å². The Morgan fingerprint density at radius 2 is 1.54 bits per heavy atom. The van der Waals surface area contributed by atoms with Crippen molar-refractivity contribution in [2.45, 2.75) is 6.04 Å². The minimum atomic E-state index is -0.504. The number of carbonyl (C=O) groups excluding carboxylic acids is 2. The Bertz CT molecular complexity index is 923. The SMILES string of the molecule is CN1C(=O)N[C@H](c2ccc(Cl)cc2)C2=C1CN(c1ccc(Cl)cc1)C2=O. The molecule has 2 aromatic rings. The van der Waals surface area contributed by atoms with Crippen LogP contribution in [-0.4, -0.2) is 30.4 Å². The third kappa shape index (κ3) is 2.73. The van der Waals surface area contributed by atoms with E-state index < -0.39 is 6.04 Å². The summed E-state index contributed by atoms with van der Waals surface area (Å²) >= 11 is 11.9. The lowest BCUT2D eigenvalue weighted by atomic mass is 9.96. The summed E-state index contributed by atoms with van der Waals surface area (Å²) in [6, 6.07) is 13.5. The largest absolute Gasteiger partial charge is 0.327 e. The van der Waals surface area contributed by atoms with Crippen molar-refractivity contribution < 1.29 is 9.59 Å². The summed E-state index contributed by atoms with van der Waals surface area (Å²) in [6.45, 7) is 0.337. The predicted octanol–water partition coefficient (Wildman–Crippen LogP) is 3.99. The summed E-state index contributed by atoms with van der Waals surface area (Å²) in [4.78, 5) is 28.7. The molecule has 0 bridgehead atoms. The highest BCUT2D eigenvalue weighted by atomic mass is 35.5. The molecule has 0 aromatic heterocycles. The molecule has 2 heterocycles. The maximum Gasteiger partial charge on any atom is 0.322 e. The second kappa shape index (κ2) is 6.34. The van der Waals surface area contributed by atoms with Crippen LogP contribution in [0, 0.1) is 0 Å². The zero-order valence-electron chi connectivity index (χ0n) is 13.9. The van der Waals surface area contributed by atoms with Crippen LogP contribution in [0.15, 0.2) is 59.8 Å². The lowest BCUT2D eigenvalue weighted by Gasteiger charge is -2.31. The Morgan fingerprint density at radius 3 is 2.15 bits per heavy atom. The highest BCUT2D eigenvalue weighted by Gasteiger charge is 2.43. The van der Waals surface area contributed by atoms with Crippen molar-refractivity contribution >= 4 is 40.8 Å². The number of benzene rings is 2. The molecule has 5 nitrogen and oxygen atoms in total. The number of hydrogen-bond donors (Lipinski definition) is 1. The van der Waals surface area contributed by atoms with E-state index in [2.05, 4.69) is 5.32 Å². The van der Waals surface area contributed by atoms with Gasteiger partial charge in [0.25, 0.3) is 5.91 Å². The van der Waals surface area contributed by atoms with Gasteiger partial charge in [0.05, 0.1) is 23.9 Å². The van der Waals surface area contributed by atoms with Crippen molar-refractivity contribution in [1.29, 1.82) is 0 Å². The highest BCUT2D eigenvalue weighted by Crippen LogP contribution is 2.37. The molecule has 0 spiro atoms. The van der Waals surface area contributed by atoms with Gasteiger partial charge in [0.2, 0.25) is 0 Å². The van der Waals surface area contributed by atoms with E-state index in [0.29, 0.717) is 27.9 Å². The van der Waals surface area contributed by atoms with Crippen LogP contribution >= 0.6 is 23.2 Å². The van der Waals surface area contributed by atoms with Crippen molar-refractivity contribution in [3.8, 4) is 0 Å². The molecule has 26 heavy (non-hydrogen) atoms. The van der Waals surface area contributed by atoms with Crippen LogP contribution in [0.25, 0.3) is 0 Å². The van der Waals surface area contributed by atoms with Gasteiger partial charge in [-0.3, -0.25) is 9.69 Å². The first kappa shape index (κ1) is 16.9. The number of amides is 3. The Morgan fingerprint density at radius 1 is 0.962 bits per heavy atom. The Kier molecular flexibility index (Phi) is 4.13. The second-order valence-electron chi connectivity index (χ2n) is 6.22. The molecule has 0 saturated carbocycles. The van der Waals surface area contributed by atoms with E-state index in [-0.39, 0.29) is 11.9 Å². The standard InChI is InChI=1S/C19H15Cl2N3O2/c1-23-15-10-24(14-8-6-13(21)7-9-14)18(25)16(15)17(22-19(23)26)11-2-4-12(20)5-3-11/h2-9,17H,10H2,1H3,(H,22,26)/t17-/m1/s1. The molecule has 2 aromatic carbocycles. The Labute approximate surface area is 160 Å². The van der Waals surface area contributed by atoms with Crippen LogP contribution in [0.3, 0.4) is 0 Å². The van der Waals surface area contributed by atoms with E-state index in [1.165, 1.54) is 4.90 Å². The zero-order chi connectivity index (χ0) is 18.4. The first-order chi connectivity index (χ1) is 12.5. The number of carbonyl (C=O) groups is 2. The fraction of sp³-hybridized carbons (Fsp3) is 0.158. The van der Waals surface area contributed by atoms with Gasteiger partial charge in [0.15, 0.2) is 0 Å². The maximum atomic E-state index is 13.2. The number of nitrogens with one attached hydrogen (secondary N) is 1. The maximum absolute atomic E-state index is 13.2. The second-order valence-corrected chi connectivity index (χ2v) is 7.09. The van der Waals surface area contributed by atoms with Crippen molar-refractivity contribution in [2.75, 3.05) is 18.5 Å². The van der Waals surface area contributed by atoms with Gasteiger partial charge in [-0.05, 0) is 42.0 Å². The fourth-order valence-corrected chi connectivity index (χ4v) is 3.55. The van der Waals surface area contributed by atoms with Crippen LogP contribution in [0.5, 0.6) is 0 Å². The van der Waals surface area contributed by atoms with E-state index in [9.17, 15) is 9.59 Å². The number of nitrogens with zero attached hydrogens (tertiary/aromatic N) is 2. The molecule has 2 aliphatic rings. The zero-order valence-corrected chi connectivity index (χ0v) is 15.4. The number of urea groups is 1. The molecular weight excluding hydrogens is 373 g/mol. The third-order valence-corrected chi connectivity index (χ3v) is 5.21. The van der Waals surface area contributed by atoms with E-state index in [1.807, 2.05) is 12.1 Å². The predicted molar refractivity (Wildman–Crippen MR) is 101 cm³/mol. The molecule has 4 rings (SSSR count). The first-order valence-corrected chi connectivity index (χ1v) is 8.81. The minimum absolute atomic E-state index is 0.130. The van der Waals surface area contributed by atoms with Gasteiger partial charge in [-0.2, -0.15) is 0 Å². The molecule has 3 amide bonds. The van der Waals surface area contributed by atoms with Gasteiger partial charge < -0.3 is 10.2 Å². The van der Waals surface area contributed by atoms with Crippen LogP contribution in [0.1, 0.15) is 11.6 Å². The summed E-state index contributed by atoms with van der Waals surface area (Å²) in [5, 5.41) is 4.10. The quantitative estimate of drug-likeness (QED) is 0.846. The van der Waals surface area contributed by atoms with Gasteiger partial charge in [0, 0.05) is 22.8 Å². The number of likely N-dealkylation sites (N-methyl/N-ethyl adjacent to an activating group) is 1. The Hall–Kier alpha value is -2.50. The van der Waals surface area contributed by atoms with E-state index in [0.717, 1.165) is 11.3 Å². The first-order valence-electron chi connectivity index (χ1n) is 8.06. The number of hydrogen-bond acceptors (Lipinski definition) is 2. The third-order valence-electron chi connectivity index (χ3n) is 4.70. The Balaban J connectivity index is 1.75. The molecule has 132 valence electrons. The number of anilines is 1. The van der Waals surface area contributed by atoms with Crippen LogP contribution < -0.4 is 10.2 Å². The van der Waals surface area contributed by atoms with Gasteiger partial charge >= 0.3 is 6.03 Å². The van der Waals surface area contributed by atoms with E-state index in [1.54, 1.807) is 48.3 Å². The van der Waals surface area contributed by atoms with Crippen LogP contribution in [0.2, 0.25) is 10.0 Å². The average Bonchev–Trinajstić information content (AvgIpc) is 2.97. The average molecular weight is 388 g/mol. The molecule has 0 radical (unpaired) electrons. The van der Waals surface area contributed by atoms with Crippen LogP contribution in [0.4, 0.5) is 10.5 Å². The molecule has 1 atom stereocenters. The smallest absolute Gasteiger partial charge is 0.322 e. The molecule has 0 unspecified atom stereocenters. The summed E-state index contributed by atoms with van der Waals surface area (Å²) < 4.78 is 0. The van der Waals surface area contributed by atoms with Gasteiger partial charge in [-0.15, -0.1) is 0 Å². The molecule has 0 saturated heterocycles. The molecule has 0 fully saturated rings. The van der Waals surface area contributed by atoms with Crippen LogP contribution in [-0.2, 0) is 4.79 Å². The molecule has 7 heteroatoms. The number of rotatable bonds is 2. The lowest BCUT2D eigenvalue weighted by Crippen LogP contribution is -2.45. The monoisotopic (exact) mass is 387 g/mol. The summed E-state index contributed by atoms with van der Waals surface area (Å²) in [7, 11) is 1.67. The van der Waals surface area contributed by atoms with E-state index in [4.69, 9.17) is 23.2 Å². The topological polar surface area (TPSA) is 52.7 Å². The molecular formula is C19H15Cl2N3O2. The number of halogens is 2. The van der Waals surface area contributed by atoms with Crippen molar-refractivity contribution in [2.24, 2.45) is 0 Å². The normalized spacial score (nSPS) is 19.7. The molecule has 1 N–H and O–H groups in total. The van der Waals surface area contributed by atoms with Gasteiger partial charge in [-0.1, -0.05) is 35.3 Å². The highest BCUT2D eigenvalue weighted by molar-refractivity contribution is 6.31. The van der Waals surface area contributed by atoms with Gasteiger partial charge in [0.1, 0.15) is 0 Å². The molecule has 0 aliphatic carbocycles. The molecule has 2 aliphatic heterocycles. The summed E-state index contributed by atoms with van der Waals surface area (Å²) in [5.41, 5.74) is 2.83. The summed E-state index contributed by atoms with van der Waals surface area (Å²) in [6.07, 6.45) is 0. The van der Waals surface area contributed by atoms with Crippen molar-refractivity contribution in [3.05, 3.63) is 75.4 Å². The lowest BCUT2D eigenvalue weighted by molar-refractivity contribution is -0.114. The van der Waals surface area contributed by atoms with E-state index >= 15 is 0 Å². The minimum Gasteiger partial charge on any atom is -0.327 e. The summed E-state index contributed by atoms with van der Waals surface area (Å²) in [5.74, 6) is -0.130. The van der Waals surface area contributed by atoms with Gasteiger partial charge in [-0.25, -0.2) is 4.79 Å². The fourth-order valence-electron chi connectivity index (χ4n) is 3.30. The van der Waals surface area contributed by atoms with Crippen molar-refractivity contribution in [3.63, 3.8) is 0 Å².